The zero-order valence-corrected chi connectivity index (χ0v) is 15.1. The summed E-state index contributed by atoms with van der Waals surface area (Å²) in [5, 5.41) is 0. The highest BCUT2D eigenvalue weighted by Gasteiger charge is 2.40. The number of aromatic amines is 1. The van der Waals surface area contributed by atoms with E-state index in [-0.39, 0.29) is 22.7 Å². The van der Waals surface area contributed by atoms with Gasteiger partial charge in [-0.2, -0.15) is 0 Å². The van der Waals surface area contributed by atoms with Crippen molar-refractivity contribution in [2.45, 2.75) is 70.3 Å². The van der Waals surface area contributed by atoms with E-state index >= 15 is 0 Å². The Hall–Kier alpha value is -2.10. The van der Waals surface area contributed by atoms with E-state index in [9.17, 15) is 9.59 Å². The number of fused-ring (bicyclic) bond motifs is 3. The summed E-state index contributed by atoms with van der Waals surface area (Å²) in [4.78, 5) is 29.4. The van der Waals surface area contributed by atoms with Crippen LogP contribution in [0.25, 0.3) is 11.3 Å². The molecule has 2 aliphatic rings. The van der Waals surface area contributed by atoms with Gasteiger partial charge in [0, 0.05) is 22.6 Å². The largest absolute Gasteiger partial charge is 0.329 e. The number of nitrogens with one attached hydrogen (secondary N) is 1. The van der Waals surface area contributed by atoms with E-state index in [2.05, 4.69) is 24.9 Å². The van der Waals surface area contributed by atoms with Gasteiger partial charge in [0.15, 0.2) is 0 Å². The van der Waals surface area contributed by atoms with Gasteiger partial charge in [0.25, 0.3) is 5.56 Å². The van der Waals surface area contributed by atoms with Crippen molar-refractivity contribution in [3.05, 3.63) is 56.2 Å². The van der Waals surface area contributed by atoms with Gasteiger partial charge in [0.1, 0.15) is 0 Å². The first-order chi connectivity index (χ1) is 12.1. The third-order valence-electron chi connectivity index (χ3n) is 6.52. The lowest BCUT2D eigenvalue weighted by Gasteiger charge is -2.38. The van der Waals surface area contributed by atoms with E-state index in [0.29, 0.717) is 0 Å². The second-order valence-electron chi connectivity index (χ2n) is 7.61. The maximum Gasteiger partial charge on any atom is 0.329 e. The van der Waals surface area contributed by atoms with Crippen molar-refractivity contribution in [2.24, 2.45) is 0 Å². The Labute approximate surface area is 147 Å². The molecule has 2 aliphatic carbocycles. The van der Waals surface area contributed by atoms with E-state index in [1.165, 1.54) is 10.1 Å². The lowest BCUT2D eigenvalue weighted by Crippen LogP contribution is -2.46. The highest BCUT2D eigenvalue weighted by atomic mass is 16.2. The molecule has 0 bridgehead atoms. The number of H-pyrrole nitrogens is 1. The second-order valence-corrected chi connectivity index (χ2v) is 7.61. The Bertz CT molecular complexity index is 912. The van der Waals surface area contributed by atoms with Gasteiger partial charge in [-0.1, -0.05) is 51.0 Å². The molecule has 2 aromatic rings. The minimum Gasteiger partial charge on any atom is -0.306 e. The van der Waals surface area contributed by atoms with E-state index in [1.807, 2.05) is 18.2 Å². The average Bonchev–Trinajstić information content (AvgIpc) is 3.15. The van der Waals surface area contributed by atoms with E-state index in [4.69, 9.17) is 0 Å². The Morgan fingerprint density at radius 1 is 1.12 bits per heavy atom. The highest BCUT2D eigenvalue weighted by Crippen LogP contribution is 2.44. The van der Waals surface area contributed by atoms with Crippen LogP contribution in [-0.4, -0.2) is 9.55 Å². The fourth-order valence-electron chi connectivity index (χ4n) is 4.96. The predicted molar refractivity (Wildman–Crippen MR) is 100 cm³/mol. The van der Waals surface area contributed by atoms with Gasteiger partial charge in [-0.15, -0.1) is 0 Å². The van der Waals surface area contributed by atoms with Crippen LogP contribution >= 0.6 is 0 Å². The number of hydrogen-bond acceptors (Lipinski definition) is 2. The normalized spacial score (nSPS) is 18.8. The van der Waals surface area contributed by atoms with E-state index in [0.717, 1.165) is 61.8 Å². The van der Waals surface area contributed by atoms with Crippen molar-refractivity contribution >= 4 is 0 Å². The molecule has 0 atom stereocenters. The van der Waals surface area contributed by atoms with Crippen LogP contribution in [-0.2, 0) is 11.8 Å². The van der Waals surface area contributed by atoms with Crippen molar-refractivity contribution in [1.29, 1.82) is 0 Å². The number of rotatable bonds is 3. The van der Waals surface area contributed by atoms with Crippen LogP contribution in [0.2, 0.25) is 0 Å². The van der Waals surface area contributed by atoms with Crippen LogP contribution in [0, 0.1) is 0 Å². The molecule has 25 heavy (non-hydrogen) atoms. The third kappa shape index (κ3) is 2.34. The Morgan fingerprint density at radius 3 is 2.48 bits per heavy atom. The molecule has 4 rings (SSSR count). The summed E-state index contributed by atoms with van der Waals surface area (Å²) in [6, 6.07) is 8.23. The monoisotopic (exact) mass is 338 g/mol. The Kier molecular flexibility index (Phi) is 3.94. The standard InChI is InChI=1S/C21H26N2O2/c1-3-21(4-2)13-14-9-5-8-12-16(14)18-17(21)19(24)23(20(25)22-18)15-10-6-7-11-15/h5,8-9,12,15H,3-4,6-7,10-11,13H2,1-2H3,(H,22,25). The molecule has 0 saturated heterocycles. The van der Waals surface area contributed by atoms with Crippen molar-refractivity contribution in [1.82, 2.24) is 9.55 Å². The molecule has 4 nitrogen and oxygen atoms in total. The van der Waals surface area contributed by atoms with Gasteiger partial charge in [0.05, 0.1) is 5.69 Å². The molecule has 0 radical (unpaired) electrons. The lowest BCUT2D eigenvalue weighted by atomic mass is 9.66. The SMILES string of the molecule is CCC1(CC)Cc2ccccc2-c2[nH]c(=O)n(C3CCCC3)c(=O)c21. The number of nitrogens with zero attached hydrogens (tertiary/aromatic N) is 1. The van der Waals surface area contributed by atoms with Crippen LogP contribution < -0.4 is 11.2 Å². The van der Waals surface area contributed by atoms with E-state index in [1.54, 1.807) is 0 Å². The molecule has 0 spiro atoms. The summed E-state index contributed by atoms with van der Waals surface area (Å²) >= 11 is 0. The maximum atomic E-state index is 13.5. The predicted octanol–water partition coefficient (Wildman–Crippen LogP) is 3.93. The molecule has 1 saturated carbocycles. The summed E-state index contributed by atoms with van der Waals surface area (Å²) in [5.74, 6) is 0. The number of benzene rings is 1. The van der Waals surface area contributed by atoms with Crippen LogP contribution in [0.1, 0.15) is 69.5 Å². The molecule has 0 aliphatic heterocycles. The Balaban J connectivity index is 2.05. The molecule has 132 valence electrons. The smallest absolute Gasteiger partial charge is 0.306 e. The highest BCUT2D eigenvalue weighted by molar-refractivity contribution is 5.71. The van der Waals surface area contributed by atoms with Gasteiger partial charge < -0.3 is 4.98 Å². The molecule has 1 aromatic heterocycles. The number of hydrogen-bond donors (Lipinski definition) is 1. The quantitative estimate of drug-likeness (QED) is 0.922. The van der Waals surface area contributed by atoms with Crippen molar-refractivity contribution in [3.63, 3.8) is 0 Å². The minimum atomic E-state index is -0.242. The van der Waals surface area contributed by atoms with Crippen LogP contribution in [0.15, 0.2) is 33.9 Å². The molecule has 0 amide bonds. The first kappa shape index (κ1) is 16.4. The second kappa shape index (κ2) is 6.01. The number of aromatic nitrogens is 2. The van der Waals surface area contributed by atoms with Gasteiger partial charge in [-0.3, -0.25) is 9.36 Å². The summed E-state index contributed by atoms with van der Waals surface area (Å²) in [5.41, 5.74) is 3.36. The Morgan fingerprint density at radius 2 is 1.80 bits per heavy atom. The van der Waals surface area contributed by atoms with Crippen molar-refractivity contribution < 1.29 is 0 Å². The van der Waals surface area contributed by atoms with Gasteiger partial charge in [-0.05, 0) is 37.7 Å². The zero-order chi connectivity index (χ0) is 17.6. The molecular formula is C21H26N2O2. The molecule has 0 unspecified atom stereocenters. The molecule has 1 heterocycles. The average molecular weight is 338 g/mol. The molecule has 1 aromatic carbocycles. The topological polar surface area (TPSA) is 54.9 Å². The fraction of sp³-hybridized carbons (Fsp3) is 0.524. The van der Waals surface area contributed by atoms with Gasteiger partial charge in [-0.25, -0.2) is 4.79 Å². The van der Waals surface area contributed by atoms with Crippen LogP contribution in [0.4, 0.5) is 0 Å². The van der Waals surface area contributed by atoms with Crippen LogP contribution in [0.5, 0.6) is 0 Å². The third-order valence-corrected chi connectivity index (χ3v) is 6.52. The maximum absolute atomic E-state index is 13.5. The van der Waals surface area contributed by atoms with Gasteiger partial charge >= 0.3 is 5.69 Å². The fourth-order valence-corrected chi connectivity index (χ4v) is 4.96. The first-order valence-corrected chi connectivity index (χ1v) is 9.59. The zero-order valence-electron chi connectivity index (χ0n) is 15.1. The van der Waals surface area contributed by atoms with Crippen molar-refractivity contribution in [3.8, 4) is 11.3 Å². The summed E-state index contributed by atoms with van der Waals surface area (Å²) in [6.45, 7) is 4.32. The van der Waals surface area contributed by atoms with Crippen LogP contribution in [0.3, 0.4) is 0 Å². The summed E-state index contributed by atoms with van der Waals surface area (Å²) in [7, 11) is 0. The van der Waals surface area contributed by atoms with Gasteiger partial charge in [0.2, 0.25) is 0 Å². The van der Waals surface area contributed by atoms with E-state index < -0.39 is 0 Å². The molecular weight excluding hydrogens is 312 g/mol. The van der Waals surface area contributed by atoms with Crippen molar-refractivity contribution in [2.75, 3.05) is 0 Å². The summed E-state index contributed by atoms with van der Waals surface area (Å²) in [6.07, 6.45) is 6.74. The first-order valence-electron chi connectivity index (χ1n) is 9.59. The minimum absolute atomic E-state index is 0.0520. The summed E-state index contributed by atoms with van der Waals surface area (Å²) < 4.78 is 1.53. The molecule has 1 N–H and O–H groups in total. The molecule has 4 heteroatoms. The molecule has 1 fully saturated rings. The lowest BCUT2D eigenvalue weighted by molar-refractivity contribution is 0.371.